The largest absolute Gasteiger partial charge is 0.453 e. The minimum atomic E-state index is -4.31. The van der Waals surface area contributed by atoms with Gasteiger partial charge in [-0.25, -0.2) is 0 Å². The van der Waals surface area contributed by atoms with Gasteiger partial charge >= 0.3 is 6.18 Å². The van der Waals surface area contributed by atoms with Crippen LogP contribution >= 0.6 is 15.9 Å². The van der Waals surface area contributed by atoms with Crippen molar-refractivity contribution in [2.45, 2.75) is 25.6 Å². The topological polar surface area (TPSA) is 34.4 Å². The average Bonchev–Trinajstić information content (AvgIpc) is 2.68. The molecule has 1 rings (SSSR count). The molecule has 0 aliphatic heterocycles. The van der Waals surface area contributed by atoms with Gasteiger partial charge in [-0.05, 0) is 41.0 Å². The van der Waals surface area contributed by atoms with Gasteiger partial charge in [0.05, 0.1) is 12.6 Å². The molecular formula is C11H15BrF3NO2. The van der Waals surface area contributed by atoms with Crippen molar-refractivity contribution in [2.24, 2.45) is 0 Å². The highest BCUT2D eigenvalue weighted by Crippen LogP contribution is 2.22. The van der Waals surface area contributed by atoms with Crippen LogP contribution in [0.1, 0.15) is 25.1 Å². The molecule has 0 saturated heterocycles. The van der Waals surface area contributed by atoms with Crippen LogP contribution in [0, 0.1) is 0 Å². The van der Waals surface area contributed by atoms with Crippen LogP contribution in [-0.4, -0.2) is 25.9 Å². The van der Waals surface area contributed by atoms with E-state index in [1.165, 1.54) is 0 Å². The second kappa shape index (κ2) is 7.16. The number of ether oxygens (including phenoxy) is 1. The first-order valence-electron chi connectivity index (χ1n) is 5.55. The Kier molecular flexibility index (Phi) is 6.17. The summed E-state index contributed by atoms with van der Waals surface area (Å²) in [5.74, 6) is 0.553. The number of halogens is 4. The van der Waals surface area contributed by atoms with E-state index < -0.39 is 12.8 Å². The molecule has 1 aromatic rings. The minimum Gasteiger partial charge on any atom is -0.453 e. The zero-order valence-corrected chi connectivity index (χ0v) is 11.5. The molecule has 0 fully saturated rings. The standard InChI is InChI=1S/C11H15BrF3NO2/c1-2-5-16-8(6-17-7-11(13,14)15)9-3-4-10(12)18-9/h3-4,8,16H,2,5-7H2,1H3. The number of rotatable bonds is 7. The molecule has 1 atom stereocenters. The summed E-state index contributed by atoms with van der Waals surface area (Å²) in [6.07, 6.45) is -3.43. The van der Waals surface area contributed by atoms with Gasteiger partial charge in [-0.3, -0.25) is 0 Å². The normalized spacial score (nSPS) is 13.8. The SMILES string of the molecule is CCCNC(COCC(F)(F)F)c1ccc(Br)o1. The molecule has 104 valence electrons. The highest BCUT2D eigenvalue weighted by molar-refractivity contribution is 9.10. The average molecular weight is 330 g/mol. The molecule has 0 aliphatic carbocycles. The highest BCUT2D eigenvalue weighted by Gasteiger charge is 2.28. The molecule has 0 aliphatic rings. The van der Waals surface area contributed by atoms with Crippen molar-refractivity contribution in [3.05, 3.63) is 22.6 Å². The maximum absolute atomic E-state index is 12.0. The van der Waals surface area contributed by atoms with Gasteiger partial charge in [-0.1, -0.05) is 6.92 Å². The first-order chi connectivity index (χ1) is 8.42. The predicted molar refractivity (Wildman–Crippen MR) is 64.3 cm³/mol. The molecule has 0 aromatic carbocycles. The molecular weight excluding hydrogens is 315 g/mol. The smallest absolute Gasteiger partial charge is 0.411 e. The molecule has 1 heterocycles. The van der Waals surface area contributed by atoms with Gasteiger partial charge in [0.1, 0.15) is 12.4 Å². The molecule has 7 heteroatoms. The van der Waals surface area contributed by atoms with Crippen molar-refractivity contribution in [1.82, 2.24) is 5.32 Å². The predicted octanol–water partition coefficient (Wildman–Crippen LogP) is 3.66. The van der Waals surface area contributed by atoms with Crippen LogP contribution in [0.25, 0.3) is 0 Å². The van der Waals surface area contributed by atoms with Crippen molar-refractivity contribution in [2.75, 3.05) is 19.8 Å². The minimum absolute atomic E-state index is 0.0839. The molecule has 3 nitrogen and oxygen atoms in total. The lowest BCUT2D eigenvalue weighted by molar-refractivity contribution is -0.175. The van der Waals surface area contributed by atoms with E-state index in [1.54, 1.807) is 12.1 Å². The van der Waals surface area contributed by atoms with Crippen molar-refractivity contribution in [3.8, 4) is 0 Å². The van der Waals surface area contributed by atoms with Gasteiger partial charge in [0.15, 0.2) is 4.67 Å². The third-order valence-corrected chi connectivity index (χ3v) is 2.55. The fourth-order valence-corrected chi connectivity index (χ4v) is 1.69. The molecule has 0 amide bonds. The van der Waals surface area contributed by atoms with Gasteiger partial charge in [-0.15, -0.1) is 0 Å². The Bertz CT molecular complexity index is 354. The molecule has 0 bridgehead atoms. The molecule has 1 N–H and O–H groups in total. The Morgan fingerprint density at radius 3 is 2.67 bits per heavy atom. The lowest BCUT2D eigenvalue weighted by Gasteiger charge is -2.17. The van der Waals surface area contributed by atoms with Gasteiger partial charge < -0.3 is 14.5 Å². The zero-order valence-electron chi connectivity index (χ0n) is 9.89. The lowest BCUT2D eigenvalue weighted by Crippen LogP contribution is -2.28. The molecule has 1 unspecified atom stereocenters. The fraction of sp³-hybridized carbons (Fsp3) is 0.636. The Morgan fingerprint density at radius 1 is 1.44 bits per heavy atom. The van der Waals surface area contributed by atoms with Gasteiger partial charge in [0, 0.05) is 0 Å². The van der Waals surface area contributed by atoms with E-state index in [4.69, 9.17) is 4.42 Å². The van der Waals surface area contributed by atoms with Crippen LogP contribution in [0.5, 0.6) is 0 Å². The van der Waals surface area contributed by atoms with Crippen LogP contribution in [0.15, 0.2) is 21.2 Å². The lowest BCUT2D eigenvalue weighted by atomic mass is 10.2. The first kappa shape index (κ1) is 15.5. The number of alkyl halides is 3. The number of nitrogens with one attached hydrogen (secondary N) is 1. The van der Waals surface area contributed by atoms with Gasteiger partial charge in [0.25, 0.3) is 0 Å². The molecule has 0 saturated carbocycles. The highest BCUT2D eigenvalue weighted by atomic mass is 79.9. The second-order valence-electron chi connectivity index (χ2n) is 3.78. The van der Waals surface area contributed by atoms with E-state index in [9.17, 15) is 13.2 Å². The van der Waals surface area contributed by atoms with Crippen molar-refractivity contribution < 1.29 is 22.3 Å². The van der Waals surface area contributed by atoms with E-state index in [0.29, 0.717) is 17.0 Å². The van der Waals surface area contributed by atoms with Gasteiger partial charge in [-0.2, -0.15) is 13.2 Å². The van der Waals surface area contributed by atoms with E-state index >= 15 is 0 Å². The van der Waals surface area contributed by atoms with E-state index in [2.05, 4.69) is 26.0 Å². The van der Waals surface area contributed by atoms with Crippen LogP contribution in [0.3, 0.4) is 0 Å². The molecule has 18 heavy (non-hydrogen) atoms. The summed E-state index contributed by atoms with van der Waals surface area (Å²) in [6.45, 7) is 1.32. The fourth-order valence-electron chi connectivity index (χ4n) is 1.37. The van der Waals surface area contributed by atoms with Gasteiger partial charge in [0.2, 0.25) is 0 Å². The molecule has 0 spiro atoms. The van der Waals surface area contributed by atoms with E-state index in [-0.39, 0.29) is 12.6 Å². The number of hydrogen-bond acceptors (Lipinski definition) is 3. The van der Waals surface area contributed by atoms with E-state index in [1.807, 2.05) is 6.92 Å². The number of furan rings is 1. The molecule has 0 radical (unpaired) electrons. The Labute approximate surface area is 112 Å². The van der Waals surface area contributed by atoms with Crippen LogP contribution in [0.2, 0.25) is 0 Å². The summed E-state index contributed by atoms with van der Waals surface area (Å²) in [4.78, 5) is 0. The first-order valence-corrected chi connectivity index (χ1v) is 6.35. The maximum atomic E-state index is 12.0. The Balaban J connectivity index is 2.51. The number of hydrogen-bond donors (Lipinski definition) is 1. The Morgan fingerprint density at radius 2 is 2.17 bits per heavy atom. The van der Waals surface area contributed by atoms with Crippen LogP contribution < -0.4 is 5.32 Å². The summed E-state index contributed by atoms with van der Waals surface area (Å²) in [5, 5.41) is 3.08. The van der Waals surface area contributed by atoms with Crippen LogP contribution in [0.4, 0.5) is 13.2 Å². The quantitative estimate of drug-likeness (QED) is 0.828. The van der Waals surface area contributed by atoms with Crippen molar-refractivity contribution in [1.29, 1.82) is 0 Å². The third-order valence-electron chi connectivity index (χ3n) is 2.13. The maximum Gasteiger partial charge on any atom is 0.411 e. The summed E-state index contributed by atoms with van der Waals surface area (Å²) in [5.41, 5.74) is 0. The van der Waals surface area contributed by atoms with Crippen molar-refractivity contribution >= 4 is 15.9 Å². The monoisotopic (exact) mass is 329 g/mol. The summed E-state index contributed by atoms with van der Waals surface area (Å²) in [7, 11) is 0. The summed E-state index contributed by atoms with van der Waals surface area (Å²) < 4.78 is 46.5. The molecule has 1 aromatic heterocycles. The summed E-state index contributed by atoms with van der Waals surface area (Å²) in [6, 6.07) is 3.02. The summed E-state index contributed by atoms with van der Waals surface area (Å²) >= 11 is 3.15. The zero-order chi connectivity index (χ0) is 13.6. The van der Waals surface area contributed by atoms with Crippen molar-refractivity contribution in [3.63, 3.8) is 0 Å². The third kappa shape index (κ3) is 5.88. The van der Waals surface area contributed by atoms with Crippen LogP contribution in [-0.2, 0) is 4.74 Å². The second-order valence-corrected chi connectivity index (χ2v) is 4.56. The van der Waals surface area contributed by atoms with E-state index in [0.717, 1.165) is 6.42 Å². The Hall–Kier alpha value is -0.530.